The molecular weight excluding hydrogens is 426 g/mol. The molecule has 0 unspecified atom stereocenters. The van der Waals surface area contributed by atoms with E-state index in [0.29, 0.717) is 12.3 Å². The normalized spacial score (nSPS) is 11.7. The highest BCUT2D eigenvalue weighted by molar-refractivity contribution is 7.90. The fourth-order valence-electron chi connectivity index (χ4n) is 2.49. The fraction of sp³-hybridized carbons (Fsp3) is 0.158. The maximum Gasteiger partial charge on any atom is 0.268 e. The molecule has 0 spiro atoms. The van der Waals surface area contributed by atoms with E-state index in [-0.39, 0.29) is 15.9 Å². The van der Waals surface area contributed by atoms with Gasteiger partial charge in [-0.25, -0.2) is 8.42 Å². The monoisotopic (exact) mass is 443 g/mol. The van der Waals surface area contributed by atoms with Gasteiger partial charge in [-0.15, -0.1) is 0 Å². The van der Waals surface area contributed by atoms with Gasteiger partial charge in [0.05, 0.1) is 6.61 Å². The molecule has 0 radical (unpaired) electrons. The molecule has 0 saturated carbocycles. The molecule has 0 fully saturated rings. The fourth-order valence-corrected chi connectivity index (χ4v) is 3.93. The van der Waals surface area contributed by atoms with Crippen molar-refractivity contribution in [2.75, 3.05) is 18.2 Å². The van der Waals surface area contributed by atoms with Crippen molar-refractivity contribution < 1.29 is 17.9 Å². The van der Waals surface area contributed by atoms with Crippen molar-refractivity contribution in [3.63, 3.8) is 0 Å². The number of nitrogens with one attached hydrogen (secondary N) is 1. The van der Waals surface area contributed by atoms with Gasteiger partial charge in [-0.1, -0.05) is 0 Å². The van der Waals surface area contributed by atoms with E-state index in [4.69, 9.17) is 4.74 Å². The number of sulfone groups is 1. The zero-order valence-corrected chi connectivity index (χ0v) is 17.7. The van der Waals surface area contributed by atoms with Gasteiger partial charge in [0.1, 0.15) is 17.4 Å². The van der Waals surface area contributed by atoms with Gasteiger partial charge in [-0.05, 0) is 49.4 Å². The summed E-state index contributed by atoms with van der Waals surface area (Å²) in [7, 11) is -3.58. The standard InChI is InChI=1S/C19H17N5O4S2/c1-3-28-16-8-6-14(7-9-16)24-10-4-5-15(24)11-13(12-20)17(25)21-18-22-19(23-29-18)30(2,26)27/h4-11H,3H2,1-2H3,(H,21,22,23,25). The van der Waals surface area contributed by atoms with Crippen LogP contribution < -0.4 is 10.1 Å². The van der Waals surface area contributed by atoms with Crippen molar-refractivity contribution in [1.29, 1.82) is 5.26 Å². The average Bonchev–Trinajstić information content (AvgIpc) is 3.36. The summed E-state index contributed by atoms with van der Waals surface area (Å²) in [4.78, 5) is 16.2. The van der Waals surface area contributed by atoms with E-state index in [1.165, 1.54) is 6.08 Å². The molecule has 0 aliphatic heterocycles. The lowest BCUT2D eigenvalue weighted by molar-refractivity contribution is -0.112. The van der Waals surface area contributed by atoms with Crippen LogP contribution in [-0.2, 0) is 14.6 Å². The van der Waals surface area contributed by atoms with Crippen molar-refractivity contribution in [3.05, 3.63) is 53.9 Å². The summed E-state index contributed by atoms with van der Waals surface area (Å²) >= 11 is 0.720. The zero-order chi connectivity index (χ0) is 21.7. The molecule has 3 aromatic rings. The second-order valence-electron chi connectivity index (χ2n) is 6.01. The molecule has 30 heavy (non-hydrogen) atoms. The Morgan fingerprint density at radius 1 is 1.33 bits per heavy atom. The number of hydrogen-bond acceptors (Lipinski definition) is 8. The summed E-state index contributed by atoms with van der Waals surface area (Å²) in [6.45, 7) is 2.47. The topological polar surface area (TPSA) is 127 Å². The van der Waals surface area contributed by atoms with Gasteiger partial charge in [0.15, 0.2) is 0 Å². The Morgan fingerprint density at radius 2 is 2.07 bits per heavy atom. The number of nitrogens with zero attached hydrogens (tertiary/aromatic N) is 4. The first kappa shape index (κ1) is 21.2. The predicted molar refractivity (Wildman–Crippen MR) is 112 cm³/mol. The highest BCUT2D eigenvalue weighted by Crippen LogP contribution is 2.20. The van der Waals surface area contributed by atoms with Crippen molar-refractivity contribution in [1.82, 2.24) is 13.9 Å². The van der Waals surface area contributed by atoms with Crippen LogP contribution in [0.25, 0.3) is 11.8 Å². The first-order valence-corrected chi connectivity index (χ1v) is 11.4. The summed E-state index contributed by atoms with van der Waals surface area (Å²) in [5.41, 5.74) is 1.27. The third-order valence-electron chi connectivity index (χ3n) is 3.82. The van der Waals surface area contributed by atoms with E-state index in [9.17, 15) is 18.5 Å². The Labute approximate surface area is 177 Å². The first-order chi connectivity index (χ1) is 14.3. The zero-order valence-electron chi connectivity index (χ0n) is 16.1. The Hall–Kier alpha value is -3.49. The number of benzene rings is 1. The van der Waals surface area contributed by atoms with Crippen molar-refractivity contribution in [3.8, 4) is 17.5 Å². The summed E-state index contributed by atoms with van der Waals surface area (Å²) in [5.74, 6) is 0.0289. The van der Waals surface area contributed by atoms with Crippen molar-refractivity contribution in [2.24, 2.45) is 0 Å². The molecule has 1 amide bonds. The van der Waals surface area contributed by atoms with Crippen LogP contribution in [-0.4, -0.2) is 41.1 Å². The van der Waals surface area contributed by atoms with Crippen LogP contribution >= 0.6 is 11.5 Å². The smallest absolute Gasteiger partial charge is 0.268 e. The molecule has 1 N–H and O–H groups in total. The lowest BCUT2D eigenvalue weighted by atomic mass is 10.2. The Balaban J connectivity index is 1.83. The van der Waals surface area contributed by atoms with Crippen LogP contribution in [0.3, 0.4) is 0 Å². The number of carbonyl (C=O) groups excluding carboxylic acids is 1. The molecule has 0 saturated heterocycles. The van der Waals surface area contributed by atoms with Gasteiger partial charge in [-0.3, -0.25) is 10.1 Å². The lowest BCUT2D eigenvalue weighted by Crippen LogP contribution is -2.13. The molecule has 2 heterocycles. The quantitative estimate of drug-likeness (QED) is 0.439. The van der Waals surface area contributed by atoms with Crippen LogP contribution in [0.4, 0.5) is 5.13 Å². The van der Waals surface area contributed by atoms with E-state index in [1.807, 2.05) is 41.8 Å². The third-order valence-corrected chi connectivity index (χ3v) is 5.41. The maximum absolute atomic E-state index is 12.5. The van der Waals surface area contributed by atoms with Gasteiger partial charge >= 0.3 is 0 Å². The largest absolute Gasteiger partial charge is 0.494 e. The number of anilines is 1. The number of rotatable bonds is 7. The summed E-state index contributed by atoms with van der Waals surface area (Å²) in [6, 6.07) is 12.8. The second-order valence-corrected chi connectivity index (χ2v) is 8.67. The molecule has 3 rings (SSSR count). The van der Waals surface area contributed by atoms with Crippen LogP contribution in [0.1, 0.15) is 12.6 Å². The van der Waals surface area contributed by atoms with Gasteiger partial charge in [-0.2, -0.15) is 14.6 Å². The predicted octanol–water partition coefficient (Wildman–Crippen LogP) is 2.68. The summed E-state index contributed by atoms with van der Waals surface area (Å²) in [5, 5.41) is 11.4. The van der Waals surface area contributed by atoms with Gasteiger partial charge in [0.2, 0.25) is 15.0 Å². The second kappa shape index (κ2) is 8.89. The Bertz CT molecular complexity index is 1230. The molecule has 9 nitrogen and oxygen atoms in total. The Kier molecular flexibility index (Phi) is 6.29. The molecule has 0 aliphatic carbocycles. The summed E-state index contributed by atoms with van der Waals surface area (Å²) in [6.07, 6.45) is 4.21. The first-order valence-electron chi connectivity index (χ1n) is 8.69. The number of ether oxygens (including phenoxy) is 1. The van der Waals surface area contributed by atoms with E-state index in [2.05, 4.69) is 14.7 Å². The lowest BCUT2D eigenvalue weighted by Gasteiger charge is -2.09. The molecule has 0 atom stereocenters. The average molecular weight is 444 g/mol. The number of hydrogen-bond donors (Lipinski definition) is 1. The van der Waals surface area contributed by atoms with Gasteiger partial charge < -0.3 is 9.30 Å². The van der Waals surface area contributed by atoms with Crippen molar-refractivity contribution >= 4 is 38.5 Å². The number of aromatic nitrogens is 3. The SMILES string of the molecule is CCOc1ccc(-n2cccc2C=C(C#N)C(=O)Nc2nc(S(C)(=O)=O)ns2)cc1. The third kappa shape index (κ3) is 4.91. The van der Waals surface area contributed by atoms with Crippen LogP contribution in [0.5, 0.6) is 5.75 Å². The molecule has 0 bridgehead atoms. The van der Waals surface area contributed by atoms with Crippen LogP contribution in [0.15, 0.2) is 53.3 Å². The summed E-state index contributed by atoms with van der Waals surface area (Å²) < 4.78 is 33.9. The Morgan fingerprint density at radius 3 is 2.67 bits per heavy atom. The molecule has 1 aromatic carbocycles. The minimum atomic E-state index is -3.58. The maximum atomic E-state index is 12.5. The van der Waals surface area contributed by atoms with E-state index in [0.717, 1.165) is 29.2 Å². The molecule has 11 heteroatoms. The van der Waals surface area contributed by atoms with Crippen LogP contribution in [0.2, 0.25) is 0 Å². The molecule has 2 aromatic heterocycles. The minimum absolute atomic E-state index is 0.0107. The number of carbonyl (C=O) groups is 1. The van der Waals surface area contributed by atoms with Crippen LogP contribution in [0, 0.1) is 11.3 Å². The highest BCUT2D eigenvalue weighted by atomic mass is 32.2. The number of amides is 1. The number of nitriles is 1. The van der Waals surface area contributed by atoms with E-state index < -0.39 is 15.7 Å². The van der Waals surface area contributed by atoms with E-state index in [1.54, 1.807) is 18.3 Å². The highest BCUT2D eigenvalue weighted by Gasteiger charge is 2.18. The minimum Gasteiger partial charge on any atom is -0.494 e. The van der Waals surface area contributed by atoms with E-state index >= 15 is 0 Å². The van der Waals surface area contributed by atoms with Crippen molar-refractivity contribution in [2.45, 2.75) is 12.1 Å². The molecular formula is C19H17N5O4S2. The van der Waals surface area contributed by atoms with Gasteiger partial charge in [0.25, 0.3) is 11.1 Å². The molecule has 154 valence electrons. The van der Waals surface area contributed by atoms with Gasteiger partial charge in [0, 0.05) is 35.4 Å². The molecule has 0 aliphatic rings.